The van der Waals surface area contributed by atoms with Crippen LogP contribution in [-0.4, -0.2) is 107 Å². The predicted octanol–water partition coefficient (Wildman–Crippen LogP) is 4.18. The number of urea groups is 1. The summed E-state index contributed by atoms with van der Waals surface area (Å²) in [5.74, 6) is -0.294. The lowest BCUT2D eigenvalue weighted by Gasteiger charge is -2.34. The van der Waals surface area contributed by atoms with E-state index in [4.69, 9.17) is 9.84 Å². The highest BCUT2D eigenvalue weighted by atomic mass is 32.2. The van der Waals surface area contributed by atoms with Crippen molar-refractivity contribution in [2.24, 2.45) is 11.8 Å². The molecule has 0 saturated carbocycles. The van der Waals surface area contributed by atoms with Gasteiger partial charge in [-0.25, -0.2) is 23.0 Å². The average Bonchev–Trinajstić information content (AvgIpc) is 3.71. The van der Waals surface area contributed by atoms with Crippen LogP contribution < -0.4 is 15.4 Å². The minimum absolute atomic E-state index is 0.0575. The van der Waals surface area contributed by atoms with Gasteiger partial charge in [-0.05, 0) is 55.0 Å². The van der Waals surface area contributed by atoms with Crippen molar-refractivity contribution in [3.8, 4) is 5.75 Å². The highest BCUT2D eigenvalue weighted by Gasteiger charge is 2.40. The van der Waals surface area contributed by atoms with Crippen molar-refractivity contribution in [3.63, 3.8) is 0 Å². The summed E-state index contributed by atoms with van der Waals surface area (Å²) in [7, 11) is -2.53. The molecule has 4 rings (SSSR count). The van der Waals surface area contributed by atoms with Gasteiger partial charge in [-0.2, -0.15) is 4.31 Å². The van der Waals surface area contributed by atoms with E-state index >= 15 is 0 Å². The first-order valence-electron chi connectivity index (χ1n) is 17.3. The van der Waals surface area contributed by atoms with Gasteiger partial charge in [0.2, 0.25) is 15.9 Å². The van der Waals surface area contributed by atoms with Gasteiger partial charge in [0.05, 0.1) is 42.4 Å². The van der Waals surface area contributed by atoms with E-state index in [1.165, 1.54) is 39.8 Å². The number of hydrogen-bond acceptors (Lipinski definition) is 9. The fourth-order valence-corrected chi connectivity index (χ4v) is 8.62. The third-order valence-electron chi connectivity index (χ3n) is 8.74. The molecule has 1 saturated heterocycles. The number of benzene rings is 2. The molecule has 1 unspecified atom stereocenters. The topological polar surface area (TPSA) is 182 Å². The van der Waals surface area contributed by atoms with Gasteiger partial charge in [-0.1, -0.05) is 58.0 Å². The van der Waals surface area contributed by atoms with Crippen LogP contribution >= 0.6 is 11.3 Å². The smallest absolute Gasteiger partial charge is 0.405 e. The Morgan fingerprint density at radius 3 is 2.27 bits per heavy atom. The number of methoxy groups -OCH3 is 1. The molecule has 3 aromatic rings. The Morgan fingerprint density at radius 2 is 1.67 bits per heavy atom. The van der Waals surface area contributed by atoms with E-state index in [0.717, 1.165) is 5.56 Å². The number of ether oxygens (including phenoxy) is 1. The lowest BCUT2D eigenvalue weighted by molar-refractivity contribution is -0.128. The molecule has 0 aliphatic carbocycles. The SMILES string of the molecule is COc1ccc(S(=O)(=O)N(CC(C)C)C[C@@H](O)[C@H](Cc2ccccc2)NC(=O)[C@H](C(C)C)N2CCN(Cc3csc(C(C)NC(=O)O)n3)C2=O)cc1. The van der Waals surface area contributed by atoms with Crippen LogP contribution in [0.4, 0.5) is 9.59 Å². The highest BCUT2D eigenvalue weighted by Crippen LogP contribution is 2.25. The standard InChI is InChI=1S/C36H50N6O8S2/c1-23(2)19-41(52(48,49)29-14-12-28(50-6)13-15-29)21-31(43)30(18-26-10-8-7-9-11-26)39-33(44)32(24(3)4)42-17-16-40(36(42)47)20-27-22-51-34(38-27)25(5)37-35(45)46/h7-15,22-25,30-32,37,43H,16-21H2,1-6H3,(H,39,44)(H,45,46)/t25?,30-,31+,32-/m0/s1. The number of carbonyl (C=O) groups is 3. The van der Waals surface area contributed by atoms with Gasteiger partial charge >= 0.3 is 12.1 Å². The zero-order valence-electron chi connectivity index (χ0n) is 30.4. The van der Waals surface area contributed by atoms with Crippen LogP contribution in [0.3, 0.4) is 0 Å². The Bertz CT molecular complexity index is 1750. The van der Waals surface area contributed by atoms with Crippen LogP contribution in [0.1, 0.15) is 56.9 Å². The molecule has 14 nitrogen and oxygen atoms in total. The summed E-state index contributed by atoms with van der Waals surface area (Å²) in [6.45, 7) is 9.86. The van der Waals surface area contributed by atoms with Gasteiger partial charge in [0.15, 0.2) is 0 Å². The lowest BCUT2D eigenvalue weighted by atomic mass is 9.97. The summed E-state index contributed by atoms with van der Waals surface area (Å²) < 4.78 is 34.2. The third kappa shape index (κ3) is 10.4. The number of aliphatic hydroxyl groups excluding tert-OH is 1. The maximum atomic E-state index is 14.2. The molecule has 0 bridgehead atoms. The van der Waals surface area contributed by atoms with Crippen LogP contribution in [0.5, 0.6) is 5.75 Å². The molecule has 1 fully saturated rings. The van der Waals surface area contributed by atoms with E-state index < -0.39 is 46.3 Å². The lowest BCUT2D eigenvalue weighted by Crippen LogP contribution is -2.57. The Balaban J connectivity index is 1.53. The molecule has 284 valence electrons. The minimum Gasteiger partial charge on any atom is -0.497 e. The monoisotopic (exact) mass is 758 g/mol. The number of aromatic nitrogens is 1. The summed E-state index contributed by atoms with van der Waals surface area (Å²) in [5.41, 5.74) is 1.45. The third-order valence-corrected chi connectivity index (χ3v) is 11.7. The van der Waals surface area contributed by atoms with Crippen LogP contribution in [0, 0.1) is 11.8 Å². The van der Waals surface area contributed by atoms with Gasteiger partial charge in [0, 0.05) is 31.6 Å². The summed E-state index contributed by atoms with van der Waals surface area (Å²) in [6, 6.07) is 12.8. The molecule has 1 aliphatic rings. The van der Waals surface area contributed by atoms with Gasteiger partial charge in [0.25, 0.3) is 0 Å². The number of nitrogens with one attached hydrogen (secondary N) is 2. The average molecular weight is 759 g/mol. The van der Waals surface area contributed by atoms with Crippen LogP contribution in [0.25, 0.3) is 0 Å². The molecule has 4 atom stereocenters. The molecule has 1 aliphatic heterocycles. The second-order valence-electron chi connectivity index (χ2n) is 13.7. The molecule has 0 spiro atoms. The van der Waals surface area contributed by atoms with Crippen molar-refractivity contribution in [2.75, 3.05) is 33.3 Å². The minimum atomic E-state index is -4.03. The maximum absolute atomic E-state index is 14.2. The first-order valence-corrected chi connectivity index (χ1v) is 19.6. The van der Waals surface area contributed by atoms with Gasteiger partial charge < -0.3 is 35.4 Å². The molecule has 1 aromatic heterocycles. The summed E-state index contributed by atoms with van der Waals surface area (Å²) in [6.07, 6.45) is -2.23. The van der Waals surface area contributed by atoms with E-state index in [1.54, 1.807) is 29.3 Å². The van der Waals surface area contributed by atoms with E-state index in [2.05, 4.69) is 15.6 Å². The molecular weight excluding hydrogens is 709 g/mol. The van der Waals surface area contributed by atoms with Crippen molar-refractivity contribution in [2.45, 2.75) is 76.7 Å². The number of hydrogen-bond donors (Lipinski definition) is 4. The second kappa shape index (κ2) is 18.0. The van der Waals surface area contributed by atoms with Crippen LogP contribution in [-0.2, 0) is 27.8 Å². The van der Waals surface area contributed by atoms with E-state index in [9.17, 15) is 27.9 Å². The summed E-state index contributed by atoms with van der Waals surface area (Å²) in [4.78, 5) is 46.6. The Hall–Kier alpha value is -4.25. The molecule has 52 heavy (non-hydrogen) atoms. The number of aliphatic hydroxyl groups is 1. The van der Waals surface area contributed by atoms with Crippen LogP contribution in [0.15, 0.2) is 64.9 Å². The van der Waals surface area contributed by atoms with Crippen molar-refractivity contribution in [1.29, 1.82) is 0 Å². The summed E-state index contributed by atoms with van der Waals surface area (Å²) >= 11 is 1.30. The number of thiazole rings is 1. The Morgan fingerprint density at radius 1 is 1.00 bits per heavy atom. The van der Waals surface area contributed by atoms with E-state index in [0.29, 0.717) is 23.0 Å². The number of amides is 4. The number of carbonyl (C=O) groups excluding carboxylic acids is 2. The van der Waals surface area contributed by atoms with Crippen molar-refractivity contribution >= 4 is 39.4 Å². The van der Waals surface area contributed by atoms with Crippen molar-refractivity contribution in [3.05, 3.63) is 76.2 Å². The molecule has 2 heterocycles. The molecule has 2 aromatic carbocycles. The fraction of sp³-hybridized carbons (Fsp3) is 0.500. The van der Waals surface area contributed by atoms with Crippen LogP contribution in [0.2, 0.25) is 0 Å². The second-order valence-corrected chi connectivity index (χ2v) is 16.5. The Kier molecular flexibility index (Phi) is 14.0. The first kappa shape index (κ1) is 40.5. The normalized spacial score (nSPS) is 15.9. The number of sulfonamides is 1. The molecule has 4 N–H and O–H groups in total. The molecule has 0 radical (unpaired) electrons. The van der Waals surface area contributed by atoms with Gasteiger partial charge in [-0.15, -0.1) is 11.3 Å². The van der Waals surface area contributed by atoms with Crippen molar-refractivity contribution < 1.29 is 37.8 Å². The van der Waals surface area contributed by atoms with Gasteiger partial charge in [-0.3, -0.25) is 4.79 Å². The predicted molar refractivity (Wildman–Crippen MR) is 198 cm³/mol. The quantitative estimate of drug-likeness (QED) is 0.148. The zero-order chi connectivity index (χ0) is 38.2. The van der Waals surface area contributed by atoms with Gasteiger partial charge in [0.1, 0.15) is 16.8 Å². The number of rotatable bonds is 18. The number of nitrogens with zero attached hydrogens (tertiary/aromatic N) is 4. The molecule has 16 heteroatoms. The number of carboxylic acid groups (broad SMARTS) is 1. The highest BCUT2D eigenvalue weighted by molar-refractivity contribution is 7.89. The zero-order valence-corrected chi connectivity index (χ0v) is 32.1. The van der Waals surface area contributed by atoms with E-state index in [1.807, 2.05) is 58.0 Å². The largest absolute Gasteiger partial charge is 0.497 e. The van der Waals surface area contributed by atoms with E-state index in [-0.39, 0.29) is 55.4 Å². The molecular formula is C36H50N6O8S2. The maximum Gasteiger partial charge on any atom is 0.405 e. The summed E-state index contributed by atoms with van der Waals surface area (Å²) in [5, 5.41) is 28.5. The fourth-order valence-electron chi connectivity index (χ4n) is 6.18. The Labute approximate surface area is 309 Å². The first-order chi connectivity index (χ1) is 24.6. The van der Waals surface area contributed by atoms with Crippen molar-refractivity contribution in [1.82, 2.24) is 29.7 Å². The molecule has 4 amide bonds.